The zero-order valence-corrected chi connectivity index (χ0v) is 6.29. The Bertz CT molecular complexity index is 389. The van der Waals surface area contributed by atoms with Gasteiger partial charge in [-0.25, -0.2) is 9.37 Å². The third-order valence-electron chi connectivity index (χ3n) is 1.68. The minimum atomic E-state index is -0.291. The lowest BCUT2D eigenvalue weighted by molar-refractivity contribution is 0.629. The second-order valence-electron chi connectivity index (χ2n) is 2.57. The number of nitrogens with two attached hydrogens (primary N) is 1. The van der Waals surface area contributed by atoms with Crippen molar-refractivity contribution in [2.24, 2.45) is 0 Å². The van der Waals surface area contributed by atoms with Crippen LogP contribution in [0.25, 0.3) is 10.9 Å². The summed E-state index contributed by atoms with van der Waals surface area (Å²) in [6.45, 7) is 0. The van der Waals surface area contributed by atoms with Crippen molar-refractivity contribution >= 4 is 16.7 Å². The van der Waals surface area contributed by atoms with E-state index in [1.807, 2.05) is 6.07 Å². The summed E-state index contributed by atoms with van der Waals surface area (Å²) in [6.07, 6.45) is 0. The minimum Gasteiger partial charge on any atom is -0.384 e. The van der Waals surface area contributed by atoms with Crippen LogP contribution in [0, 0.1) is 5.82 Å². The first-order valence-electron chi connectivity index (χ1n) is 3.57. The average molecular weight is 162 g/mol. The summed E-state index contributed by atoms with van der Waals surface area (Å²) in [6, 6.07) is 7.96. The molecule has 12 heavy (non-hydrogen) atoms. The number of fused-ring (bicyclic) bond motifs is 1. The Morgan fingerprint density at radius 2 is 1.92 bits per heavy atom. The maximum absolute atomic E-state index is 12.7. The molecule has 0 aliphatic carbocycles. The predicted octanol–water partition coefficient (Wildman–Crippen LogP) is 1.96. The van der Waals surface area contributed by atoms with Gasteiger partial charge in [-0.3, -0.25) is 0 Å². The smallest absolute Gasteiger partial charge is 0.125 e. The number of nitrogens with zero attached hydrogens (tertiary/aromatic N) is 1. The molecular formula is C9H7FN2. The van der Waals surface area contributed by atoms with Gasteiger partial charge in [0.1, 0.15) is 11.6 Å². The molecule has 0 aliphatic rings. The van der Waals surface area contributed by atoms with E-state index in [0.717, 1.165) is 5.39 Å². The van der Waals surface area contributed by atoms with E-state index < -0.39 is 0 Å². The molecule has 0 fully saturated rings. The second kappa shape index (κ2) is 2.44. The fourth-order valence-electron chi connectivity index (χ4n) is 1.11. The molecule has 0 radical (unpaired) electrons. The van der Waals surface area contributed by atoms with Gasteiger partial charge in [0.2, 0.25) is 0 Å². The monoisotopic (exact) mass is 162 g/mol. The molecule has 0 spiro atoms. The number of benzene rings is 1. The first-order valence-corrected chi connectivity index (χ1v) is 3.57. The zero-order valence-electron chi connectivity index (χ0n) is 6.29. The topological polar surface area (TPSA) is 38.9 Å². The lowest BCUT2D eigenvalue weighted by Crippen LogP contribution is -1.89. The first-order chi connectivity index (χ1) is 5.75. The van der Waals surface area contributed by atoms with E-state index >= 15 is 0 Å². The van der Waals surface area contributed by atoms with Gasteiger partial charge in [-0.2, -0.15) is 0 Å². The van der Waals surface area contributed by atoms with Crippen molar-refractivity contribution in [3.63, 3.8) is 0 Å². The molecular weight excluding hydrogens is 155 g/mol. The molecule has 1 heterocycles. The summed E-state index contributed by atoms with van der Waals surface area (Å²) in [7, 11) is 0. The number of hydrogen-bond acceptors (Lipinski definition) is 2. The standard InChI is InChI=1S/C9H7FN2/c10-7-3-1-6-2-4-9(11)12-8(6)5-7/h1-5H,(H2,11,12). The molecule has 2 rings (SSSR count). The highest BCUT2D eigenvalue weighted by molar-refractivity contribution is 5.79. The largest absolute Gasteiger partial charge is 0.384 e. The van der Waals surface area contributed by atoms with E-state index in [0.29, 0.717) is 11.3 Å². The van der Waals surface area contributed by atoms with Crippen molar-refractivity contribution in [2.75, 3.05) is 5.73 Å². The predicted molar refractivity (Wildman–Crippen MR) is 46.1 cm³/mol. The van der Waals surface area contributed by atoms with Crippen LogP contribution in [0.3, 0.4) is 0 Å². The van der Waals surface area contributed by atoms with Crippen molar-refractivity contribution in [1.29, 1.82) is 0 Å². The van der Waals surface area contributed by atoms with Crippen LogP contribution in [0.2, 0.25) is 0 Å². The first kappa shape index (κ1) is 7.03. The molecule has 0 atom stereocenters. The maximum atomic E-state index is 12.7. The summed E-state index contributed by atoms with van der Waals surface area (Å²) in [4.78, 5) is 3.97. The fraction of sp³-hybridized carbons (Fsp3) is 0. The molecule has 0 saturated carbocycles. The lowest BCUT2D eigenvalue weighted by atomic mass is 10.2. The lowest BCUT2D eigenvalue weighted by Gasteiger charge is -1.97. The van der Waals surface area contributed by atoms with Crippen LogP contribution in [0.4, 0.5) is 10.2 Å². The average Bonchev–Trinajstić information content (AvgIpc) is 2.03. The van der Waals surface area contributed by atoms with Gasteiger partial charge < -0.3 is 5.73 Å². The van der Waals surface area contributed by atoms with Crippen molar-refractivity contribution < 1.29 is 4.39 Å². The van der Waals surface area contributed by atoms with E-state index in [-0.39, 0.29) is 5.82 Å². The van der Waals surface area contributed by atoms with Crippen LogP contribution in [0.15, 0.2) is 30.3 Å². The van der Waals surface area contributed by atoms with Crippen molar-refractivity contribution in [3.8, 4) is 0 Å². The molecule has 60 valence electrons. The van der Waals surface area contributed by atoms with Gasteiger partial charge in [0, 0.05) is 11.5 Å². The third-order valence-corrected chi connectivity index (χ3v) is 1.68. The Labute approximate surface area is 68.8 Å². The number of nitrogen functional groups attached to an aromatic ring is 1. The van der Waals surface area contributed by atoms with Gasteiger partial charge in [0.15, 0.2) is 0 Å². The Morgan fingerprint density at radius 1 is 1.17 bits per heavy atom. The minimum absolute atomic E-state index is 0.291. The van der Waals surface area contributed by atoms with E-state index in [1.165, 1.54) is 12.1 Å². The molecule has 2 N–H and O–H groups in total. The molecule has 0 amide bonds. The SMILES string of the molecule is Nc1ccc2ccc(F)cc2n1. The van der Waals surface area contributed by atoms with Crippen molar-refractivity contribution in [2.45, 2.75) is 0 Å². The molecule has 0 bridgehead atoms. The molecule has 0 unspecified atom stereocenters. The highest BCUT2D eigenvalue weighted by Crippen LogP contribution is 2.14. The Kier molecular flexibility index (Phi) is 1.43. The van der Waals surface area contributed by atoms with Gasteiger partial charge >= 0.3 is 0 Å². The fourth-order valence-corrected chi connectivity index (χ4v) is 1.11. The van der Waals surface area contributed by atoms with E-state index in [1.54, 1.807) is 12.1 Å². The Hall–Kier alpha value is -1.64. The summed E-state index contributed by atoms with van der Waals surface area (Å²) >= 11 is 0. The van der Waals surface area contributed by atoms with Gasteiger partial charge in [-0.15, -0.1) is 0 Å². The van der Waals surface area contributed by atoms with Crippen LogP contribution in [-0.2, 0) is 0 Å². The van der Waals surface area contributed by atoms with Crippen molar-refractivity contribution in [3.05, 3.63) is 36.1 Å². The van der Waals surface area contributed by atoms with Crippen LogP contribution < -0.4 is 5.73 Å². The number of rotatable bonds is 0. The molecule has 2 aromatic rings. The quantitative estimate of drug-likeness (QED) is 0.643. The van der Waals surface area contributed by atoms with Crippen molar-refractivity contribution in [1.82, 2.24) is 4.98 Å². The van der Waals surface area contributed by atoms with Crippen LogP contribution >= 0.6 is 0 Å². The number of aromatic nitrogens is 1. The number of pyridine rings is 1. The van der Waals surface area contributed by atoms with Crippen LogP contribution in [0.1, 0.15) is 0 Å². The number of anilines is 1. The molecule has 0 aliphatic heterocycles. The molecule has 1 aromatic carbocycles. The van der Waals surface area contributed by atoms with Gasteiger partial charge in [-0.1, -0.05) is 0 Å². The summed E-state index contributed by atoms with van der Waals surface area (Å²) in [5, 5.41) is 0.894. The van der Waals surface area contributed by atoms with Crippen LogP contribution in [0.5, 0.6) is 0 Å². The van der Waals surface area contributed by atoms with Crippen LogP contribution in [-0.4, -0.2) is 4.98 Å². The van der Waals surface area contributed by atoms with E-state index in [9.17, 15) is 4.39 Å². The van der Waals surface area contributed by atoms with E-state index in [4.69, 9.17) is 5.73 Å². The highest BCUT2D eigenvalue weighted by atomic mass is 19.1. The third kappa shape index (κ3) is 1.09. The van der Waals surface area contributed by atoms with Gasteiger partial charge in [-0.05, 0) is 24.3 Å². The second-order valence-corrected chi connectivity index (χ2v) is 2.57. The van der Waals surface area contributed by atoms with Gasteiger partial charge in [0.05, 0.1) is 5.52 Å². The highest BCUT2D eigenvalue weighted by Gasteiger charge is 1.96. The zero-order chi connectivity index (χ0) is 8.55. The normalized spacial score (nSPS) is 10.4. The molecule has 3 heteroatoms. The molecule has 2 nitrogen and oxygen atoms in total. The Morgan fingerprint density at radius 3 is 2.75 bits per heavy atom. The Balaban J connectivity index is 2.80. The summed E-state index contributed by atoms with van der Waals surface area (Å²) < 4.78 is 12.7. The maximum Gasteiger partial charge on any atom is 0.125 e. The molecule has 0 saturated heterocycles. The summed E-state index contributed by atoms with van der Waals surface area (Å²) in [5.41, 5.74) is 6.03. The number of hydrogen-bond donors (Lipinski definition) is 1. The molecule has 1 aromatic heterocycles. The van der Waals surface area contributed by atoms with Gasteiger partial charge in [0.25, 0.3) is 0 Å². The van der Waals surface area contributed by atoms with E-state index in [2.05, 4.69) is 4.98 Å². The number of halogens is 1. The summed E-state index contributed by atoms with van der Waals surface area (Å²) in [5.74, 6) is 0.119.